The fourth-order valence-electron chi connectivity index (χ4n) is 2.71. The quantitative estimate of drug-likeness (QED) is 0.871. The van der Waals surface area contributed by atoms with E-state index in [2.05, 4.69) is 30.9 Å². The Morgan fingerprint density at radius 1 is 1.14 bits per heavy atom. The summed E-state index contributed by atoms with van der Waals surface area (Å²) in [7, 11) is 0. The number of para-hydroxylation sites is 1. The average molecular weight is 295 g/mol. The largest absolute Gasteiger partial charge is 0.480 e. The first-order valence-electron chi connectivity index (χ1n) is 7.70. The maximum absolute atomic E-state index is 6.12. The van der Waals surface area contributed by atoms with Gasteiger partial charge < -0.3 is 15.4 Å². The van der Waals surface area contributed by atoms with Crippen LogP contribution in [0, 0.1) is 0 Å². The molecule has 0 aromatic heterocycles. The van der Waals surface area contributed by atoms with Crippen LogP contribution in [0.15, 0.2) is 53.5 Å². The average Bonchev–Trinajstić information content (AvgIpc) is 2.56. The molecule has 4 heteroatoms. The van der Waals surface area contributed by atoms with Crippen molar-refractivity contribution in [3.8, 4) is 5.75 Å². The SMILES string of the molecule is CCC1Oc2ccc(N)cc2N=C1N(CC)c1ccccc1. The highest BCUT2D eigenvalue weighted by molar-refractivity contribution is 6.03. The van der Waals surface area contributed by atoms with Crippen LogP contribution in [0.3, 0.4) is 0 Å². The molecule has 1 aliphatic rings. The van der Waals surface area contributed by atoms with Gasteiger partial charge in [-0.1, -0.05) is 25.1 Å². The lowest BCUT2D eigenvalue weighted by Gasteiger charge is -2.33. The van der Waals surface area contributed by atoms with Crippen LogP contribution < -0.4 is 15.4 Å². The number of amidine groups is 1. The zero-order valence-electron chi connectivity index (χ0n) is 13.0. The Morgan fingerprint density at radius 3 is 2.59 bits per heavy atom. The summed E-state index contributed by atoms with van der Waals surface area (Å²) in [4.78, 5) is 7.04. The third kappa shape index (κ3) is 2.64. The number of nitrogens with zero attached hydrogens (tertiary/aromatic N) is 2. The van der Waals surface area contributed by atoms with Crippen molar-refractivity contribution in [1.29, 1.82) is 0 Å². The first-order valence-corrected chi connectivity index (χ1v) is 7.70. The summed E-state index contributed by atoms with van der Waals surface area (Å²) < 4.78 is 6.12. The fraction of sp³-hybridized carbons (Fsp3) is 0.278. The van der Waals surface area contributed by atoms with Gasteiger partial charge in [-0.15, -0.1) is 0 Å². The second kappa shape index (κ2) is 6.10. The molecule has 2 aromatic rings. The van der Waals surface area contributed by atoms with Crippen molar-refractivity contribution in [2.24, 2.45) is 4.99 Å². The molecular formula is C18H21N3O. The van der Waals surface area contributed by atoms with Crippen LogP contribution in [0.2, 0.25) is 0 Å². The zero-order valence-corrected chi connectivity index (χ0v) is 13.0. The van der Waals surface area contributed by atoms with Gasteiger partial charge in [0.2, 0.25) is 0 Å². The van der Waals surface area contributed by atoms with Gasteiger partial charge in [0, 0.05) is 17.9 Å². The molecule has 114 valence electrons. The number of hydrogen-bond acceptors (Lipinski definition) is 4. The predicted octanol–water partition coefficient (Wildman–Crippen LogP) is 4.00. The third-order valence-corrected chi connectivity index (χ3v) is 3.81. The van der Waals surface area contributed by atoms with E-state index < -0.39 is 0 Å². The minimum absolute atomic E-state index is 0.0451. The van der Waals surface area contributed by atoms with Crippen molar-refractivity contribution >= 4 is 22.9 Å². The van der Waals surface area contributed by atoms with Crippen LogP contribution in [-0.4, -0.2) is 18.5 Å². The molecule has 0 amide bonds. The summed E-state index contributed by atoms with van der Waals surface area (Å²) in [6, 6.07) is 15.9. The molecule has 1 heterocycles. The lowest BCUT2D eigenvalue weighted by Crippen LogP contribution is -2.43. The van der Waals surface area contributed by atoms with Crippen LogP contribution >= 0.6 is 0 Å². The van der Waals surface area contributed by atoms with E-state index in [0.717, 1.165) is 35.9 Å². The van der Waals surface area contributed by atoms with Crippen molar-refractivity contribution in [3.05, 3.63) is 48.5 Å². The highest BCUT2D eigenvalue weighted by Gasteiger charge is 2.27. The van der Waals surface area contributed by atoms with Gasteiger partial charge in [0.15, 0.2) is 11.9 Å². The molecule has 1 unspecified atom stereocenters. The summed E-state index contributed by atoms with van der Waals surface area (Å²) in [5, 5.41) is 0. The van der Waals surface area contributed by atoms with E-state index in [0.29, 0.717) is 5.69 Å². The van der Waals surface area contributed by atoms with Crippen molar-refractivity contribution in [2.45, 2.75) is 26.4 Å². The topological polar surface area (TPSA) is 50.9 Å². The number of benzene rings is 2. The van der Waals surface area contributed by atoms with E-state index in [1.54, 1.807) is 0 Å². The van der Waals surface area contributed by atoms with E-state index in [-0.39, 0.29) is 6.10 Å². The number of nitrogen functional groups attached to an aromatic ring is 1. The molecular weight excluding hydrogens is 274 g/mol. The molecule has 0 aliphatic carbocycles. The number of ether oxygens (including phenoxy) is 1. The molecule has 4 nitrogen and oxygen atoms in total. The lowest BCUT2D eigenvalue weighted by molar-refractivity contribution is 0.256. The number of nitrogens with two attached hydrogens (primary N) is 1. The lowest BCUT2D eigenvalue weighted by atomic mass is 10.1. The van der Waals surface area contributed by atoms with E-state index in [1.165, 1.54) is 0 Å². The fourth-order valence-corrected chi connectivity index (χ4v) is 2.71. The Hall–Kier alpha value is -2.49. The van der Waals surface area contributed by atoms with Crippen LogP contribution in [-0.2, 0) is 0 Å². The number of hydrogen-bond donors (Lipinski definition) is 1. The van der Waals surface area contributed by atoms with Crippen LogP contribution in [0.5, 0.6) is 5.75 Å². The smallest absolute Gasteiger partial charge is 0.156 e. The van der Waals surface area contributed by atoms with Gasteiger partial charge in [0.1, 0.15) is 11.4 Å². The molecule has 2 N–H and O–H groups in total. The maximum atomic E-state index is 6.12. The third-order valence-electron chi connectivity index (χ3n) is 3.81. The standard InChI is InChI=1S/C18H21N3O/c1-3-16-18(21(4-2)14-8-6-5-7-9-14)20-15-12-13(19)10-11-17(15)22-16/h5-12,16H,3-4,19H2,1-2H3. The highest BCUT2D eigenvalue weighted by Crippen LogP contribution is 2.36. The molecule has 0 radical (unpaired) electrons. The molecule has 0 spiro atoms. The molecule has 1 atom stereocenters. The first kappa shape index (κ1) is 14.4. The van der Waals surface area contributed by atoms with Crippen molar-refractivity contribution in [1.82, 2.24) is 0 Å². The van der Waals surface area contributed by atoms with E-state index in [1.807, 2.05) is 36.4 Å². The van der Waals surface area contributed by atoms with E-state index in [4.69, 9.17) is 15.5 Å². The van der Waals surface area contributed by atoms with E-state index >= 15 is 0 Å². The first-order chi connectivity index (χ1) is 10.7. The Kier molecular flexibility index (Phi) is 4.00. The predicted molar refractivity (Wildman–Crippen MR) is 92.1 cm³/mol. The van der Waals surface area contributed by atoms with Gasteiger partial charge >= 0.3 is 0 Å². The Labute approximate surface area is 131 Å². The normalized spacial score (nSPS) is 16.5. The van der Waals surface area contributed by atoms with Crippen molar-refractivity contribution in [3.63, 3.8) is 0 Å². The molecule has 2 aromatic carbocycles. The monoisotopic (exact) mass is 295 g/mol. The van der Waals surface area contributed by atoms with E-state index in [9.17, 15) is 0 Å². The summed E-state index contributed by atoms with van der Waals surface area (Å²) >= 11 is 0. The second-order valence-electron chi connectivity index (χ2n) is 5.29. The summed E-state index contributed by atoms with van der Waals surface area (Å²) in [6.45, 7) is 5.07. The van der Waals surface area contributed by atoms with Gasteiger partial charge in [0.25, 0.3) is 0 Å². The second-order valence-corrected chi connectivity index (χ2v) is 5.29. The Bertz CT molecular complexity index is 682. The van der Waals surface area contributed by atoms with Crippen LogP contribution in [0.25, 0.3) is 0 Å². The molecule has 0 saturated carbocycles. The minimum Gasteiger partial charge on any atom is -0.480 e. The number of anilines is 2. The van der Waals surface area contributed by atoms with Gasteiger partial charge in [-0.25, -0.2) is 4.99 Å². The molecule has 22 heavy (non-hydrogen) atoms. The van der Waals surface area contributed by atoms with Crippen molar-refractivity contribution in [2.75, 3.05) is 17.2 Å². The van der Waals surface area contributed by atoms with Gasteiger partial charge in [-0.3, -0.25) is 0 Å². The van der Waals surface area contributed by atoms with Crippen molar-refractivity contribution < 1.29 is 4.74 Å². The number of rotatable bonds is 3. The summed E-state index contributed by atoms with van der Waals surface area (Å²) in [6.07, 6.45) is 0.822. The number of fused-ring (bicyclic) bond motifs is 1. The summed E-state index contributed by atoms with van der Waals surface area (Å²) in [5.74, 6) is 1.74. The van der Waals surface area contributed by atoms with Gasteiger partial charge in [0.05, 0.1) is 0 Å². The zero-order chi connectivity index (χ0) is 15.5. The Morgan fingerprint density at radius 2 is 1.91 bits per heavy atom. The highest BCUT2D eigenvalue weighted by atomic mass is 16.5. The molecule has 0 fully saturated rings. The maximum Gasteiger partial charge on any atom is 0.156 e. The van der Waals surface area contributed by atoms with Crippen LogP contribution in [0.1, 0.15) is 20.3 Å². The van der Waals surface area contributed by atoms with Gasteiger partial charge in [-0.2, -0.15) is 0 Å². The summed E-state index contributed by atoms with van der Waals surface area (Å²) in [5.41, 5.74) is 8.50. The number of aliphatic imine (C=N–C) groups is 1. The molecule has 3 rings (SSSR count). The molecule has 0 bridgehead atoms. The molecule has 1 aliphatic heterocycles. The minimum atomic E-state index is -0.0451. The van der Waals surface area contributed by atoms with Crippen LogP contribution in [0.4, 0.5) is 17.1 Å². The Balaban J connectivity index is 2.05. The molecule has 0 saturated heterocycles. The number of likely N-dealkylation sites (N-methyl/N-ethyl adjacent to an activating group) is 1. The van der Waals surface area contributed by atoms with Gasteiger partial charge in [-0.05, 0) is 43.7 Å².